The maximum Gasteiger partial charge on any atom is 0.233 e. The Morgan fingerprint density at radius 2 is 2.50 bits per heavy atom. The SMILES string of the molecule is O[n+]1ccc2[nH]ncc2c1. The predicted octanol–water partition coefficient (Wildman–Crippen LogP) is 0.0877. The van der Waals surface area contributed by atoms with Crippen LogP contribution in [0.25, 0.3) is 10.9 Å². The summed E-state index contributed by atoms with van der Waals surface area (Å²) in [7, 11) is 0. The van der Waals surface area contributed by atoms with E-state index in [9.17, 15) is 0 Å². The van der Waals surface area contributed by atoms with Gasteiger partial charge in [-0.15, -0.1) is 0 Å². The Morgan fingerprint density at radius 1 is 1.60 bits per heavy atom. The van der Waals surface area contributed by atoms with Crippen molar-refractivity contribution in [1.82, 2.24) is 10.2 Å². The number of aromatic amines is 1. The smallest absolute Gasteiger partial charge is 0.233 e. The third-order valence-electron chi connectivity index (χ3n) is 1.36. The van der Waals surface area contributed by atoms with Crippen LogP contribution in [0.3, 0.4) is 0 Å². The van der Waals surface area contributed by atoms with E-state index < -0.39 is 0 Å². The van der Waals surface area contributed by atoms with Crippen LogP contribution in [0.1, 0.15) is 0 Å². The molecule has 4 heteroatoms. The maximum atomic E-state index is 8.92. The van der Waals surface area contributed by atoms with Crippen LogP contribution >= 0.6 is 0 Å². The monoisotopic (exact) mass is 136 g/mol. The number of H-pyrrole nitrogens is 1. The van der Waals surface area contributed by atoms with E-state index in [0.29, 0.717) is 0 Å². The van der Waals surface area contributed by atoms with Crippen LogP contribution in [-0.2, 0) is 0 Å². The van der Waals surface area contributed by atoms with Crippen LogP contribution in [-0.4, -0.2) is 15.4 Å². The van der Waals surface area contributed by atoms with Crippen molar-refractivity contribution in [2.24, 2.45) is 0 Å². The Labute approximate surface area is 56.7 Å². The van der Waals surface area contributed by atoms with Gasteiger partial charge in [0, 0.05) is 10.8 Å². The van der Waals surface area contributed by atoms with Crippen molar-refractivity contribution in [1.29, 1.82) is 0 Å². The average molecular weight is 136 g/mol. The van der Waals surface area contributed by atoms with Gasteiger partial charge in [0.2, 0.25) is 12.4 Å². The number of rotatable bonds is 0. The van der Waals surface area contributed by atoms with E-state index in [2.05, 4.69) is 10.2 Å². The molecule has 0 aromatic carbocycles. The van der Waals surface area contributed by atoms with E-state index in [1.807, 2.05) is 0 Å². The molecule has 0 saturated heterocycles. The van der Waals surface area contributed by atoms with Crippen LogP contribution < -0.4 is 4.73 Å². The van der Waals surface area contributed by atoms with Crippen molar-refractivity contribution in [2.45, 2.75) is 0 Å². The lowest BCUT2D eigenvalue weighted by molar-refractivity contribution is -0.903. The molecule has 2 N–H and O–H groups in total. The van der Waals surface area contributed by atoms with Crippen LogP contribution in [0.5, 0.6) is 0 Å². The molecule has 2 heterocycles. The number of nitrogens with one attached hydrogen (secondary N) is 1. The average Bonchev–Trinajstić information content (AvgIpc) is 2.33. The molecule has 2 aromatic heterocycles. The van der Waals surface area contributed by atoms with Gasteiger partial charge in [0.25, 0.3) is 0 Å². The van der Waals surface area contributed by atoms with Gasteiger partial charge in [-0.2, -0.15) is 5.10 Å². The van der Waals surface area contributed by atoms with Gasteiger partial charge in [-0.25, -0.2) is 0 Å². The van der Waals surface area contributed by atoms with Gasteiger partial charge in [-0.3, -0.25) is 10.3 Å². The highest BCUT2D eigenvalue weighted by Crippen LogP contribution is 2.03. The van der Waals surface area contributed by atoms with Gasteiger partial charge >= 0.3 is 0 Å². The first-order valence-corrected chi connectivity index (χ1v) is 2.90. The standard InChI is InChI=1S/C6H5N3O/c10-9-2-1-6-5(4-9)3-7-8-6/h1-4,10H/p+1. The molecule has 50 valence electrons. The fourth-order valence-corrected chi connectivity index (χ4v) is 0.878. The largest absolute Gasteiger partial charge is 0.285 e. The zero-order valence-corrected chi connectivity index (χ0v) is 5.15. The van der Waals surface area contributed by atoms with Crippen LogP contribution in [0.15, 0.2) is 24.7 Å². The molecule has 0 atom stereocenters. The molecule has 0 saturated carbocycles. The minimum atomic E-state index is 0.894. The third kappa shape index (κ3) is 0.621. The Bertz CT molecular complexity index is 355. The van der Waals surface area contributed by atoms with Gasteiger partial charge in [0.15, 0.2) is 0 Å². The van der Waals surface area contributed by atoms with E-state index in [4.69, 9.17) is 5.21 Å². The highest BCUT2D eigenvalue weighted by molar-refractivity contribution is 5.75. The van der Waals surface area contributed by atoms with Gasteiger partial charge in [-0.1, -0.05) is 0 Å². The number of hydrogen-bond donors (Lipinski definition) is 2. The van der Waals surface area contributed by atoms with E-state index in [-0.39, 0.29) is 0 Å². The van der Waals surface area contributed by atoms with E-state index >= 15 is 0 Å². The normalized spacial score (nSPS) is 10.4. The lowest BCUT2D eigenvalue weighted by atomic mass is 10.3. The summed E-state index contributed by atoms with van der Waals surface area (Å²) in [4.78, 5) is 0. The molecule has 0 unspecified atom stereocenters. The molecular weight excluding hydrogens is 130 g/mol. The second-order valence-electron chi connectivity index (χ2n) is 2.06. The number of hydrogen-bond acceptors (Lipinski definition) is 2. The quantitative estimate of drug-likeness (QED) is 0.398. The molecule has 0 aliphatic carbocycles. The fourth-order valence-electron chi connectivity index (χ4n) is 0.878. The Balaban J connectivity index is 2.86. The summed E-state index contributed by atoms with van der Waals surface area (Å²) in [6, 6.07) is 1.75. The molecule has 0 aliphatic rings. The molecule has 2 aromatic rings. The molecule has 0 bridgehead atoms. The number of aromatic nitrogens is 3. The van der Waals surface area contributed by atoms with Gasteiger partial charge in [0.1, 0.15) is 0 Å². The van der Waals surface area contributed by atoms with Gasteiger partial charge in [0.05, 0.1) is 17.1 Å². The summed E-state index contributed by atoms with van der Waals surface area (Å²) < 4.78 is 0.998. The van der Waals surface area contributed by atoms with Crippen molar-refractivity contribution < 1.29 is 9.94 Å². The molecule has 2 rings (SSSR count). The van der Waals surface area contributed by atoms with Crippen molar-refractivity contribution in [3.05, 3.63) is 24.7 Å². The van der Waals surface area contributed by atoms with Gasteiger partial charge < -0.3 is 0 Å². The second-order valence-corrected chi connectivity index (χ2v) is 2.06. The summed E-state index contributed by atoms with van der Waals surface area (Å²) in [5.41, 5.74) is 0.922. The maximum absolute atomic E-state index is 8.92. The summed E-state index contributed by atoms with van der Waals surface area (Å²) in [5, 5.41) is 16.4. The van der Waals surface area contributed by atoms with Crippen molar-refractivity contribution >= 4 is 10.9 Å². The predicted molar refractivity (Wildman–Crippen MR) is 33.5 cm³/mol. The molecule has 0 spiro atoms. The first-order valence-electron chi connectivity index (χ1n) is 2.90. The zero-order chi connectivity index (χ0) is 6.97. The van der Waals surface area contributed by atoms with Gasteiger partial charge in [-0.05, 0) is 0 Å². The number of fused-ring (bicyclic) bond motifs is 1. The Morgan fingerprint density at radius 3 is 3.40 bits per heavy atom. The molecule has 10 heavy (non-hydrogen) atoms. The lowest BCUT2D eigenvalue weighted by Gasteiger charge is -1.81. The lowest BCUT2D eigenvalue weighted by Crippen LogP contribution is -2.27. The van der Waals surface area contributed by atoms with E-state index in [1.54, 1.807) is 24.7 Å². The van der Waals surface area contributed by atoms with Crippen LogP contribution in [0.4, 0.5) is 0 Å². The molecule has 0 aliphatic heterocycles. The first-order chi connectivity index (χ1) is 4.86. The van der Waals surface area contributed by atoms with Crippen LogP contribution in [0, 0.1) is 0 Å². The molecule has 0 amide bonds. The molecule has 0 fully saturated rings. The molecule has 4 nitrogen and oxygen atoms in total. The van der Waals surface area contributed by atoms with Crippen molar-refractivity contribution in [3.63, 3.8) is 0 Å². The van der Waals surface area contributed by atoms with Crippen molar-refractivity contribution in [3.8, 4) is 0 Å². The summed E-state index contributed by atoms with van der Waals surface area (Å²) in [6.07, 6.45) is 4.78. The van der Waals surface area contributed by atoms with Crippen molar-refractivity contribution in [2.75, 3.05) is 0 Å². The van der Waals surface area contributed by atoms with Crippen LogP contribution in [0.2, 0.25) is 0 Å². The number of pyridine rings is 1. The second kappa shape index (κ2) is 1.70. The Kier molecular flexibility index (Phi) is 0.887. The third-order valence-corrected chi connectivity index (χ3v) is 1.36. The summed E-state index contributed by atoms with van der Waals surface area (Å²) in [6.45, 7) is 0. The van der Waals surface area contributed by atoms with E-state index in [1.165, 1.54) is 0 Å². The summed E-state index contributed by atoms with van der Waals surface area (Å²) >= 11 is 0. The molecular formula is C6H6N3O+. The minimum Gasteiger partial charge on any atom is -0.285 e. The molecule has 0 radical (unpaired) electrons. The van der Waals surface area contributed by atoms with E-state index in [0.717, 1.165) is 15.6 Å². The zero-order valence-electron chi connectivity index (χ0n) is 5.15. The Hall–Kier alpha value is -1.58. The number of nitrogens with zero attached hydrogens (tertiary/aromatic N) is 2. The topological polar surface area (TPSA) is 52.8 Å². The first kappa shape index (κ1) is 5.22. The highest BCUT2D eigenvalue weighted by Gasteiger charge is 2.00. The fraction of sp³-hybridized carbons (Fsp3) is 0. The summed E-state index contributed by atoms with van der Waals surface area (Å²) in [5.74, 6) is 0. The minimum absolute atomic E-state index is 0.894. The highest BCUT2D eigenvalue weighted by atomic mass is 16.5.